The Hall–Kier alpha value is -1.51. The number of benzene rings is 2. The van der Waals surface area contributed by atoms with Gasteiger partial charge in [-0.25, -0.2) is 0 Å². The normalized spacial score (nSPS) is 12.5. The molecule has 2 aromatic rings. The van der Waals surface area contributed by atoms with Crippen molar-refractivity contribution in [3.05, 3.63) is 64.7 Å². The van der Waals surface area contributed by atoms with Crippen LogP contribution in [0.1, 0.15) is 31.1 Å². The van der Waals surface area contributed by atoms with Crippen LogP contribution in [0, 0.1) is 0 Å². The Morgan fingerprint density at radius 2 is 1.37 bits per heavy atom. The summed E-state index contributed by atoms with van der Waals surface area (Å²) in [5, 5.41) is 10.9. The fraction of sp³-hybridized carbons (Fsp3) is 0.250. The minimum absolute atomic E-state index is 0.145. The molecule has 1 N–H and O–H groups in total. The van der Waals surface area contributed by atoms with E-state index < -0.39 is 6.10 Å². The van der Waals surface area contributed by atoms with E-state index in [2.05, 4.69) is 0 Å². The van der Waals surface area contributed by atoms with E-state index in [1.165, 1.54) is 0 Å². The van der Waals surface area contributed by atoms with Crippen molar-refractivity contribution in [1.29, 1.82) is 0 Å². The molecule has 19 heavy (non-hydrogen) atoms. The third-order valence-corrected chi connectivity index (χ3v) is 3.01. The molecule has 2 aromatic carbocycles. The van der Waals surface area contributed by atoms with Gasteiger partial charge in [0.15, 0.2) is 0 Å². The molecule has 1 atom stereocenters. The summed E-state index contributed by atoms with van der Waals surface area (Å²) in [6.45, 7) is 3.97. The molecule has 0 saturated carbocycles. The van der Waals surface area contributed by atoms with Crippen LogP contribution in [0.15, 0.2) is 48.5 Å². The highest BCUT2D eigenvalue weighted by atomic mass is 35.5. The Kier molecular flexibility index (Phi) is 4.46. The zero-order valence-electron chi connectivity index (χ0n) is 11.0. The molecule has 3 heteroatoms. The Morgan fingerprint density at radius 3 is 1.84 bits per heavy atom. The first-order valence-corrected chi connectivity index (χ1v) is 6.64. The van der Waals surface area contributed by atoms with Gasteiger partial charge in [0.2, 0.25) is 0 Å². The SMILES string of the molecule is CC(C)Oc1ccc(C(O)c2ccc(Cl)cc2)cc1. The number of aliphatic hydroxyl groups is 1. The molecule has 2 rings (SSSR count). The van der Waals surface area contributed by atoms with Crippen LogP contribution in [0.2, 0.25) is 5.02 Å². The number of rotatable bonds is 4. The Balaban J connectivity index is 2.15. The third kappa shape index (κ3) is 3.72. The van der Waals surface area contributed by atoms with Crippen molar-refractivity contribution >= 4 is 11.6 Å². The summed E-state index contributed by atoms with van der Waals surface area (Å²) >= 11 is 5.83. The molecular weight excluding hydrogens is 260 g/mol. The zero-order valence-corrected chi connectivity index (χ0v) is 11.8. The number of halogens is 1. The van der Waals surface area contributed by atoms with Crippen LogP contribution in [0.4, 0.5) is 0 Å². The number of aliphatic hydroxyl groups excluding tert-OH is 1. The van der Waals surface area contributed by atoms with Gasteiger partial charge >= 0.3 is 0 Å². The monoisotopic (exact) mass is 276 g/mol. The number of hydrogen-bond acceptors (Lipinski definition) is 2. The predicted octanol–water partition coefficient (Wildman–Crippen LogP) is 4.21. The van der Waals surface area contributed by atoms with Crippen molar-refractivity contribution in [1.82, 2.24) is 0 Å². The highest BCUT2D eigenvalue weighted by molar-refractivity contribution is 6.30. The molecule has 100 valence electrons. The van der Waals surface area contributed by atoms with Gasteiger partial charge in [0, 0.05) is 5.02 Å². The summed E-state index contributed by atoms with van der Waals surface area (Å²) in [5.41, 5.74) is 1.65. The van der Waals surface area contributed by atoms with E-state index in [4.69, 9.17) is 16.3 Å². The van der Waals surface area contributed by atoms with E-state index in [-0.39, 0.29) is 6.10 Å². The van der Waals surface area contributed by atoms with Crippen LogP contribution in [0.25, 0.3) is 0 Å². The minimum atomic E-state index is -0.648. The zero-order chi connectivity index (χ0) is 13.8. The Labute approximate surface area is 118 Å². The maximum atomic E-state index is 10.3. The molecule has 1 unspecified atom stereocenters. The van der Waals surface area contributed by atoms with Gasteiger partial charge in [-0.05, 0) is 49.2 Å². The van der Waals surface area contributed by atoms with Gasteiger partial charge in [-0.1, -0.05) is 35.9 Å². The van der Waals surface area contributed by atoms with Crippen LogP contribution < -0.4 is 4.74 Å². The van der Waals surface area contributed by atoms with E-state index in [0.29, 0.717) is 5.02 Å². The smallest absolute Gasteiger partial charge is 0.119 e. The average Bonchev–Trinajstić information content (AvgIpc) is 2.39. The summed E-state index contributed by atoms with van der Waals surface area (Å²) in [7, 11) is 0. The maximum absolute atomic E-state index is 10.3. The molecule has 0 aliphatic heterocycles. The van der Waals surface area contributed by atoms with Crippen LogP contribution >= 0.6 is 11.6 Å². The third-order valence-electron chi connectivity index (χ3n) is 2.75. The predicted molar refractivity (Wildman–Crippen MR) is 77.7 cm³/mol. The topological polar surface area (TPSA) is 29.5 Å². The summed E-state index contributed by atoms with van der Waals surface area (Å²) in [5.74, 6) is 0.807. The molecule has 0 amide bonds. The lowest BCUT2D eigenvalue weighted by Crippen LogP contribution is -2.05. The standard InChI is InChI=1S/C16H17ClO2/c1-11(2)19-15-9-5-13(6-10-15)16(18)12-3-7-14(17)8-4-12/h3-11,16,18H,1-2H3. The van der Waals surface area contributed by atoms with E-state index in [1.807, 2.05) is 50.2 Å². The number of ether oxygens (including phenoxy) is 1. The van der Waals surface area contributed by atoms with E-state index >= 15 is 0 Å². The van der Waals surface area contributed by atoms with Gasteiger partial charge in [-0.3, -0.25) is 0 Å². The van der Waals surface area contributed by atoms with Gasteiger partial charge in [0.05, 0.1) is 6.10 Å². The van der Waals surface area contributed by atoms with Gasteiger partial charge in [0.25, 0.3) is 0 Å². The Bertz CT molecular complexity index is 517. The first-order chi connectivity index (χ1) is 9.06. The second kappa shape index (κ2) is 6.09. The molecule has 0 fully saturated rings. The van der Waals surface area contributed by atoms with Crippen molar-refractivity contribution in [3.8, 4) is 5.75 Å². The van der Waals surface area contributed by atoms with Crippen molar-refractivity contribution in [2.75, 3.05) is 0 Å². The highest BCUT2D eigenvalue weighted by Crippen LogP contribution is 2.25. The van der Waals surface area contributed by atoms with Crippen LogP contribution in [0.3, 0.4) is 0 Å². The summed E-state index contributed by atoms with van der Waals surface area (Å²) in [6.07, 6.45) is -0.502. The molecular formula is C16H17ClO2. The molecule has 0 bridgehead atoms. The van der Waals surface area contributed by atoms with Crippen LogP contribution in [-0.2, 0) is 0 Å². The van der Waals surface area contributed by atoms with E-state index in [0.717, 1.165) is 16.9 Å². The molecule has 0 spiro atoms. The molecule has 0 aliphatic rings. The fourth-order valence-electron chi connectivity index (χ4n) is 1.84. The lowest BCUT2D eigenvalue weighted by atomic mass is 10.0. The highest BCUT2D eigenvalue weighted by Gasteiger charge is 2.10. The quantitative estimate of drug-likeness (QED) is 0.906. The Morgan fingerprint density at radius 1 is 0.895 bits per heavy atom. The largest absolute Gasteiger partial charge is 0.491 e. The molecule has 0 radical (unpaired) electrons. The average molecular weight is 277 g/mol. The lowest BCUT2D eigenvalue weighted by molar-refractivity contribution is 0.219. The van der Waals surface area contributed by atoms with Crippen molar-refractivity contribution < 1.29 is 9.84 Å². The van der Waals surface area contributed by atoms with Crippen molar-refractivity contribution in [3.63, 3.8) is 0 Å². The molecule has 0 aromatic heterocycles. The van der Waals surface area contributed by atoms with Crippen LogP contribution in [0.5, 0.6) is 5.75 Å². The van der Waals surface area contributed by atoms with E-state index in [9.17, 15) is 5.11 Å². The fourth-order valence-corrected chi connectivity index (χ4v) is 1.96. The second-order valence-corrected chi connectivity index (χ2v) is 5.13. The van der Waals surface area contributed by atoms with Gasteiger partial charge < -0.3 is 9.84 Å². The lowest BCUT2D eigenvalue weighted by Gasteiger charge is -2.14. The van der Waals surface area contributed by atoms with Crippen molar-refractivity contribution in [2.24, 2.45) is 0 Å². The van der Waals surface area contributed by atoms with E-state index in [1.54, 1.807) is 12.1 Å². The van der Waals surface area contributed by atoms with Gasteiger partial charge in [0.1, 0.15) is 11.9 Å². The maximum Gasteiger partial charge on any atom is 0.119 e. The van der Waals surface area contributed by atoms with Crippen molar-refractivity contribution in [2.45, 2.75) is 26.1 Å². The minimum Gasteiger partial charge on any atom is -0.491 e. The van der Waals surface area contributed by atoms with Crippen LogP contribution in [-0.4, -0.2) is 11.2 Å². The van der Waals surface area contributed by atoms with Gasteiger partial charge in [-0.2, -0.15) is 0 Å². The first-order valence-electron chi connectivity index (χ1n) is 6.26. The van der Waals surface area contributed by atoms with Gasteiger partial charge in [-0.15, -0.1) is 0 Å². The summed E-state index contributed by atoms with van der Waals surface area (Å²) in [4.78, 5) is 0. The first kappa shape index (κ1) is 13.9. The number of hydrogen-bond donors (Lipinski definition) is 1. The second-order valence-electron chi connectivity index (χ2n) is 4.69. The molecule has 0 saturated heterocycles. The molecule has 0 heterocycles. The molecule has 2 nitrogen and oxygen atoms in total. The summed E-state index contributed by atoms with van der Waals surface area (Å²) in [6, 6.07) is 14.7. The molecule has 0 aliphatic carbocycles. The summed E-state index contributed by atoms with van der Waals surface area (Å²) < 4.78 is 5.57.